The molecule has 0 saturated carbocycles. The zero-order valence-corrected chi connectivity index (χ0v) is 13.4. The van der Waals surface area contributed by atoms with Gasteiger partial charge in [-0.25, -0.2) is 0 Å². The third-order valence-corrected chi connectivity index (χ3v) is 4.28. The predicted molar refractivity (Wildman–Crippen MR) is 80.8 cm³/mol. The van der Waals surface area contributed by atoms with Gasteiger partial charge in [0.25, 0.3) is 5.91 Å². The van der Waals surface area contributed by atoms with Crippen molar-refractivity contribution in [1.82, 2.24) is 4.90 Å². The maximum Gasteiger partial charge on any atom is 0.265 e. The summed E-state index contributed by atoms with van der Waals surface area (Å²) < 4.78 is 0.806. The highest BCUT2D eigenvalue weighted by atomic mass is 79.9. The van der Waals surface area contributed by atoms with Crippen molar-refractivity contribution in [3.05, 3.63) is 20.8 Å². The van der Waals surface area contributed by atoms with Gasteiger partial charge in [0.1, 0.15) is 10.7 Å². The van der Waals surface area contributed by atoms with Crippen LogP contribution in [-0.4, -0.2) is 34.9 Å². The minimum Gasteiger partial charge on any atom is -0.409 e. The van der Waals surface area contributed by atoms with E-state index in [1.807, 2.05) is 25.3 Å². The Balaban J connectivity index is 2.79. The Kier molecular flexibility index (Phi) is 6.30. The van der Waals surface area contributed by atoms with E-state index in [0.717, 1.165) is 4.47 Å². The summed E-state index contributed by atoms with van der Waals surface area (Å²) in [7, 11) is 0. The van der Waals surface area contributed by atoms with Crippen molar-refractivity contribution in [1.29, 1.82) is 0 Å². The monoisotopic (exact) mass is 347 g/mol. The molecule has 0 aliphatic carbocycles. The fourth-order valence-corrected chi connectivity index (χ4v) is 3.11. The molecule has 3 N–H and O–H groups in total. The van der Waals surface area contributed by atoms with E-state index in [9.17, 15) is 4.79 Å². The quantitative estimate of drug-likeness (QED) is 0.359. The second-order valence-electron chi connectivity index (χ2n) is 4.58. The Morgan fingerprint density at radius 1 is 1.63 bits per heavy atom. The number of hydrogen-bond acceptors (Lipinski definition) is 4. The molecule has 0 aliphatic rings. The Bertz CT molecular complexity index is 460. The van der Waals surface area contributed by atoms with E-state index in [4.69, 9.17) is 10.9 Å². The molecule has 0 radical (unpaired) electrons. The van der Waals surface area contributed by atoms with E-state index >= 15 is 0 Å². The number of halogens is 1. The third kappa shape index (κ3) is 4.83. The van der Waals surface area contributed by atoms with Crippen LogP contribution in [0.25, 0.3) is 0 Å². The van der Waals surface area contributed by atoms with Crippen molar-refractivity contribution < 1.29 is 10.0 Å². The van der Waals surface area contributed by atoms with Crippen molar-refractivity contribution in [3.8, 4) is 0 Å². The van der Waals surface area contributed by atoms with Crippen molar-refractivity contribution in [3.63, 3.8) is 0 Å². The Hall–Kier alpha value is -1.08. The zero-order chi connectivity index (χ0) is 14.4. The molecule has 0 saturated heterocycles. The van der Waals surface area contributed by atoms with E-state index in [2.05, 4.69) is 21.1 Å². The first kappa shape index (κ1) is 16.0. The van der Waals surface area contributed by atoms with Crippen LogP contribution in [-0.2, 0) is 0 Å². The third-order valence-electron chi connectivity index (χ3n) is 2.45. The number of carbonyl (C=O) groups excluding carboxylic acids is 1. The van der Waals surface area contributed by atoms with E-state index in [0.29, 0.717) is 30.3 Å². The minimum atomic E-state index is -0.0266. The molecule has 1 aromatic heterocycles. The van der Waals surface area contributed by atoms with Gasteiger partial charge >= 0.3 is 0 Å². The van der Waals surface area contributed by atoms with Gasteiger partial charge in [0.15, 0.2) is 0 Å². The highest BCUT2D eigenvalue weighted by Gasteiger charge is 2.20. The highest BCUT2D eigenvalue weighted by Crippen LogP contribution is 2.24. The number of thiophene rings is 1. The molecule has 106 valence electrons. The first-order valence-corrected chi connectivity index (χ1v) is 7.61. The normalized spacial score (nSPS) is 11.9. The molecule has 0 atom stereocenters. The van der Waals surface area contributed by atoms with Crippen molar-refractivity contribution in [2.24, 2.45) is 16.8 Å². The van der Waals surface area contributed by atoms with Crippen LogP contribution in [0, 0.1) is 5.92 Å². The summed E-state index contributed by atoms with van der Waals surface area (Å²) in [6, 6.07) is 1.86. The summed E-state index contributed by atoms with van der Waals surface area (Å²) in [5.41, 5.74) is 5.46. The molecule has 5 nitrogen and oxygen atoms in total. The molecule has 1 aromatic rings. The zero-order valence-electron chi connectivity index (χ0n) is 11.0. The first-order chi connectivity index (χ1) is 8.95. The van der Waals surface area contributed by atoms with Crippen LogP contribution < -0.4 is 5.73 Å². The Labute approximate surface area is 125 Å². The summed E-state index contributed by atoms with van der Waals surface area (Å²) in [6.45, 7) is 5.18. The van der Waals surface area contributed by atoms with Crippen LogP contribution in [0.15, 0.2) is 21.1 Å². The molecule has 7 heteroatoms. The second kappa shape index (κ2) is 7.49. The van der Waals surface area contributed by atoms with Crippen LogP contribution in [0.5, 0.6) is 0 Å². The molecule has 0 fully saturated rings. The number of rotatable bonds is 6. The number of amidine groups is 1. The lowest BCUT2D eigenvalue weighted by Crippen LogP contribution is -2.36. The SMILES string of the molecule is CC(C)CN(CCC(N)=NO)C(=O)c1sccc1Br. The fraction of sp³-hybridized carbons (Fsp3) is 0.500. The maximum absolute atomic E-state index is 12.4. The molecular weight excluding hydrogens is 330 g/mol. The minimum absolute atomic E-state index is 0.0266. The van der Waals surface area contributed by atoms with Crippen molar-refractivity contribution in [2.45, 2.75) is 20.3 Å². The van der Waals surface area contributed by atoms with Crippen molar-refractivity contribution in [2.75, 3.05) is 13.1 Å². The average Bonchev–Trinajstić information content (AvgIpc) is 2.78. The summed E-state index contributed by atoms with van der Waals surface area (Å²) in [5, 5.41) is 13.3. The number of carbonyl (C=O) groups is 1. The first-order valence-electron chi connectivity index (χ1n) is 5.94. The van der Waals surface area contributed by atoms with Gasteiger partial charge in [0, 0.05) is 24.0 Å². The molecule has 1 heterocycles. The lowest BCUT2D eigenvalue weighted by atomic mass is 10.2. The highest BCUT2D eigenvalue weighted by molar-refractivity contribution is 9.10. The van der Waals surface area contributed by atoms with Gasteiger partial charge < -0.3 is 15.8 Å². The van der Waals surface area contributed by atoms with Crippen LogP contribution in [0.1, 0.15) is 29.9 Å². The average molecular weight is 348 g/mol. The van der Waals surface area contributed by atoms with Crippen LogP contribution in [0.4, 0.5) is 0 Å². The molecule has 0 aliphatic heterocycles. The van der Waals surface area contributed by atoms with Gasteiger partial charge in [0.05, 0.1) is 0 Å². The van der Waals surface area contributed by atoms with Crippen molar-refractivity contribution >= 4 is 39.0 Å². The van der Waals surface area contributed by atoms with Gasteiger partial charge in [0.2, 0.25) is 0 Å². The van der Waals surface area contributed by atoms with E-state index in [-0.39, 0.29) is 11.7 Å². The molecule has 1 amide bonds. The summed E-state index contributed by atoms with van der Waals surface area (Å²) in [6.07, 6.45) is 0.359. The predicted octanol–water partition coefficient (Wildman–Crippen LogP) is 2.75. The number of hydrogen-bond donors (Lipinski definition) is 2. The topological polar surface area (TPSA) is 78.9 Å². The lowest BCUT2D eigenvalue weighted by Gasteiger charge is -2.24. The summed E-state index contributed by atoms with van der Waals surface area (Å²) in [4.78, 5) is 14.8. The maximum atomic E-state index is 12.4. The van der Waals surface area contributed by atoms with Gasteiger partial charge in [-0.1, -0.05) is 19.0 Å². The van der Waals surface area contributed by atoms with Gasteiger partial charge in [-0.15, -0.1) is 11.3 Å². The molecular formula is C12H18BrN3O2S. The molecule has 0 aromatic carbocycles. The van der Waals surface area contributed by atoms with Gasteiger partial charge in [-0.3, -0.25) is 4.79 Å². The molecule has 19 heavy (non-hydrogen) atoms. The van der Waals surface area contributed by atoms with Crippen LogP contribution in [0.3, 0.4) is 0 Å². The van der Waals surface area contributed by atoms with E-state index in [1.54, 1.807) is 4.90 Å². The number of nitrogens with two attached hydrogens (primary N) is 1. The Morgan fingerprint density at radius 2 is 2.32 bits per heavy atom. The largest absolute Gasteiger partial charge is 0.409 e. The van der Waals surface area contributed by atoms with Gasteiger partial charge in [-0.05, 0) is 33.3 Å². The lowest BCUT2D eigenvalue weighted by molar-refractivity contribution is 0.0744. The Morgan fingerprint density at radius 3 is 2.79 bits per heavy atom. The number of nitrogens with zero attached hydrogens (tertiary/aromatic N) is 2. The summed E-state index contributed by atoms with van der Waals surface area (Å²) >= 11 is 4.77. The second-order valence-corrected chi connectivity index (χ2v) is 6.35. The number of oxime groups is 1. The molecule has 1 rings (SSSR count). The number of amides is 1. The standard InChI is InChI=1S/C12H18BrN3O2S/c1-8(2)7-16(5-3-10(14)15-18)12(17)11-9(13)4-6-19-11/h4,6,8,18H,3,5,7H2,1-2H3,(H2,14,15). The molecule has 0 unspecified atom stereocenters. The molecule has 0 bridgehead atoms. The smallest absolute Gasteiger partial charge is 0.265 e. The summed E-state index contributed by atoms with van der Waals surface area (Å²) in [5.74, 6) is 0.461. The fourth-order valence-electron chi connectivity index (χ4n) is 1.61. The molecule has 0 spiro atoms. The van der Waals surface area contributed by atoms with Crippen LogP contribution >= 0.6 is 27.3 Å². The van der Waals surface area contributed by atoms with Crippen LogP contribution in [0.2, 0.25) is 0 Å². The van der Waals surface area contributed by atoms with Gasteiger partial charge in [-0.2, -0.15) is 0 Å². The van der Waals surface area contributed by atoms with E-state index < -0.39 is 0 Å². The van der Waals surface area contributed by atoms with E-state index in [1.165, 1.54) is 11.3 Å².